The van der Waals surface area contributed by atoms with Crippen LogP contribution in [0.15, 0.2) is 23.2 Å². The molecule has 7 nitrogen and oxygen atoms in total. The van der Waals surface area contributed by atoms with Gasteiger partial charge in [0.05, 0.1) is 29.9 Å². The molecular formula is C19H28Cl2N4O3. The average molecular weight is 431 g/mol. The van der Waals surface area contributed by atoms with Gasteiger partial charge in [-0.1, -0.05) is 23.2 Å². The number of hydrogen-bond donors (Lipinski definition) is 2. The molecule has 28 heavy (non-hydrogen) atoms. The Labute approximate surface area is 176 Å². The second-order valence-corrected chi connectivity index (χ2v) is 7.34. The standard InChI is InChI=1S/C19H28Cl2N4O3/c1-22-19(25-8-5-14(12-25)13-28-10-9-27-2)24-7-6-23-18(26)15-3-4-16(20)17(21)11-15/h3-4,11,14H,5-10,12-13H2,1-2H3,(H,22,24)(H,23,26). The zero-order valence-corrected chi connectivity index (χ0v) is 17.9. The highest BCUT2D eigenvalue weighted by Gasteiger charge is 2.24. The van der Waals surface area contributed by atoms with Crippen LogP contribution in [0.4, 0.5) is 0 Å². The topological polar surface area (TPSA) is 75.2 Å². The van der Waals surface area contributed by atoms with E-state index in [0.29, 0.717) is 47.8 Å². The van der Waals surface area contributed by atoms with Gasteiger partial charge in [-0.15, -0.1) is 0 Å². The Kier molecular flexibility index (Phi) is 9.84. The lowest BCUT2D eigenvalue weighted by molar-refractivity contribution is 0.0536. The van der Waals surface area contributed by atoms with E-state index < -0.39 is 0 Å². The molecule has 0 aromatic heterocycles. The molecule has 1 atom stereocenters. The molecule has 0 radical (unpaired) electrons. The highest BCUT2D eigenvalue weighted by molar-refractivity contribution is 6.42. The summed E-state index contributed by atoms with van der Waals surface area (Å²) >= 11 is 11.8. The van der Waals surface area contributed by atoms with Crippen molar-refractivity contribution in [3.63, 3.8) is 0 Å². The van der Waals surface area contributed by atoms with Crippen LogP contribution in [0.1, 0.15) is 16.8 Å². The number of aliphatic imine (C=N–C) groups is 1. The predicted octanol–water partition coefficient (Wildman–Crippen LogP) is 2.28. The Morgan fingerprint density at radius 1 is 1.25 bits per heavy atom. The Bertz CT molecular complexity index is 673. The number of likely N-dealkylation sites (tertiary alicyclic amines) is 1. The van der Waals surface area contributed by atoms with Gasteiger partial charge in [-0.05, 0) is 24.6 Å². The fraction of sp³-hybridized carbons (Fsp3) is 0.579. The number of carbonyl (C=O) groups excluding carboxylic acids is 1. The number of amides is 1. The van der Waals surface area contributed by atoms with Gasteiger partial charge < -0.3 is 25.0 Å². The van der Waals surface area contributed by atoms with Crippen molar-refractivity contribution in [2.75, 3.05) is 60.2 Å². The van der Waals surface area contributed by atoms with E-state index in [1.165, 1.54) is 0 Å². The lowest BCUT2D eigenvalue weighted by Gasteiger charge is -2.22. The second-order valence-electron chi connectivity index (χ2n) is 6.53. The van der Waals surface area contributed by atoms with Gasteiger partial charge in [0.15, 0.2) is 5.96 Å². The molecule has 1 aromatic carbocycles. The van der Waals surface area contributed by atoms with Gasteiger partial charge in [0, 0.05) is 51.8 Å². The van der Waals surface area contributed by atoms with Crippen LogP contribution in [-0.4, -0.2) is 76.9 Å². The van der Waals surface area contributed by atoms with Gasteiger partial charge in [0.25, 0.3) is 5.91 Å². The summed E-state index contributed by atoms with van der Waals surface area (Å²) in [6.45, 7) is 4.86. The van der Waals surface area contributed by atoms with E-state index in [1.54, 1.807) is 32.4 Å². The van der Waals surface area contributed by atoms with Crippen LogP contribution in [-0.2, 0) is 9.47 Å². The van der Waals surface area contributed by atoms with Crippen molar-refractivity contribution in [2.24, 2.45) is 10.9 Å². The monoisotopic (exact) mass is 430 g/mol. The van der Waals surface area contributed by atoms with E-state index in [2.05, 4.69) is 20.5 Å². The van der Waals surface area contributed by atoms with Gasteiger partial charge in [-0.2, -0.15) is 0 Å². The highest BCUT2D eigenvalue weighted by atomic mass is 35.5. The Morgan fingerprint density at radius 3 is 2.75 bits per heavy atom. The molecule has 1 aliphatic heterocycles. The molecule has 1 amide bonds. The molecule has 1 unspecified atom stereocenters. The van der Waals surface area contributed by atoms with Crippen molar-refractivity contribution in [3.8, 4) is 0 Å². The Balaban J connectivity index is 1.68. The van der Waals surface area contributed by atoms with Gasteiger partial charge in [0.1, 0.15) is 0 Å². The molecule has 0 aliphatic carbocycles. The summed E-state index contributed by atoms with van der Waals surface area (Å²) in [5.74, 6) is 1.14. The summed E-state index contributed by atoms with van der Waals surface area (Å²) < 4.78 is 10.6. The molecule has 1 saturated heterocycles. The number of nitrogens with zero attached hydrogens (tertiary/aromatic N) is 2. The smallest absolute Gasteiger partial charge is 0.251 e. The number of rotatable bonds is 9. The van der Waals surface area contributed by atoms with Crippen LogP contribution >= 0.6 is 23.2 Å². The molecule has 0 bridgehead atoms. The largest absolute Gasteiger partial charge is 0.382 e. The molecule has 1 aromatic rings. The molecule has 0 saturated carbocycles. The SMILES string of the molecule is CN=C(NCCNC(=O)c1ccc(Cl)c(Cl)c1)N1CCC(COCCOC)C1. The van der Waals surface area contributed by atoms with Crippen LogP contribution in [0.5, 0.6) is 0 Å². The third kappa shape index (κ3) is 7.13. The fourth-order valence-electron chi connectivity index (χ4n) is 2.98. The summed E-state index contributed by atoms with van der Waals surface area (Å²) in [5, 5.41) is 6.94. The van der Waals surface area contributed by atoms with Crippen molar-refractivity contribution in [2.45, 2.75) is 6.42 Å². The minimum Gasteiger partial charge on any atom is -0.382 e. The van der Waals surface area contributed by atoms with E-state index in [9.17, 15) is 4.79 Å². The van der Waals surface area contributed by atoms with Crippen molar-refractivity contribution in [1.82, 2.24) is 15.5 Å². The molecule has 2 N–H and O–H groups in total. The summed E-state index contributed by atoms with van der Waals surface area (Å²) in [5.41, 5.74) is 0.481. The van der Waals surface area contributed by atoms with Crippen molar-refractivity contribution >= 4 is 35.1 Å². The first-order chi connectivity index (χ1) is 13.5. The van der Waals surface area contributed by atoms with E-state index >= 15 is 0 Å². The molecule has 9 heteroatoms. The summed E-state index contributed by atoms with van der Waals surface area (Å²) in [4.78, 5) is 18.7. The maximum atomic E-state index is 12.2. The van der Waals surface area contributed by atoms with E-state index in [4.69, 9.17) is 32.7 Å². The fourth-order valence-corrected chi connectivity index (χ4v) is 3.27. The van der Waals surface area contributed by atoms with Crippen LogP contribution in [0.25, 0.3) is 0 Å². The summed E-state index contributed by atoms with van der Waals surface area (Å²) in [6, 6.07) is 4.82. The molecule has 1 heterocycles. The Hall–Kier alpha value is -1.54. The number of benzene rings is 1. The van der Waals surface area contributed by atoms with Crippen LogP contribution in [0.2, 0.25) is 10.0 Å². The quantitative estimate of drug-likeness (QED) is 0.357. The number of ether oxygens (including phenoxy) is 2. The minimum atomic E-state index is -0.190. The van der Waals surface area contributed by atoms with Gasteiger partial charge in [-0.3, -0.25) is 9.79 Å². The third-order valence-electron chi connectivity index (χ3n) is 4.46. The zero-order chi connectivity index (χ0) is 20.4. The molecule has 2 rings (SSSR count). The number of methoxy groups -OCH3 is 1. The Morgan fingerprint density at radius 2 is 2.04 bits per heavy atom. The van der Waals surface area contributed by atoms with Crippen molar-refractivity contribution in [1.29, 1.82) is 0 Å². The zero-order valence-electron chi connectivity index (χ0n) is 16.3. The maximum Gasteiger partial charge on any atom is 0.251 e. The maximum absolute atomic E-state index is 12.2. The molecular weight excluding hydrogens is 403 g/mol. The van der Waals surface area contributed by atoms with E-state index in [-0.39, 0.29) is 5.91 Å². The molecule has 1 aliphatic rings. The third-order valence-corrected chi connectivity index (χ3v) is 5.20. The van der Waals surface area contributed by atoms with Crippen molar-refractivity contribution in [3.05, 3.63) is 33.8 Å². The average Bonchev–Trinajstić information content (AvgIpc) is 3.16. The van der Waals surface area contributed by atoms with Gasteiger partial charge in [0.2, 0.25) is 0 Å². The normalized spacial score (nSPS) is 17.1. The van der Waals surface area contributed by atoms with Crippen LogP contribution < -0.4 is 10.6 Å². The molecule has 156 valence electrons. The number of carbonyl (C=O) groups is 1. The number of hydrogen-bond acceptors (Lipinski definition) is 4. The van der Waals surface area contributed by atoms with Gasteiger partial charge >= 0.3 is 0 Å². The lowest BCUT2D eigenvalue weighted by atomic mass is 10.1. The van der Waals surface area contributed by atoms with Crippen LogP contribution in [0.3, 0.4) is 0 Å². The van der Waals surface area contributed by atoms with E-state index in [1.807, 2.05) is 0 Å². The second kappa shape index (κ2) is 12.1. The van der Waals surface area contributed by atoms with Crippen molar-refractivity contribution < 1.29 is 14.3 Å². The first kappa shape index (κ1) is 22.7. The summed E-state index contributed by atoms with van der Waals surface area (Å²) in [7, 11) is 3.43. The van der Waals surface area contributed by atoms with Gasteiger partial charge in [-0.25, -0.2) is 0 Å². The first-order valence-corrected chi connectivity index (χ1v) is 10.1. The lowest BCUT2D eigenvalue weighted by Crippen LogP contribution is -2.43. The number of halogens is 2. The highest BCUT2D eigenvalue weighted by Crippen LogP contribution is 2.22. The minimum absolute atomic E-state index is 0.190. The number of guanidine groups is 1. The summed E-state index contributed by atoms with van der Waals surface area (Å²) in [6.07, 6.45) is 1.07. The first-order valence-electron chi connectivity index (χ1n) is 9.30. The number of nitrogens with one attached hydrogen (secondary N) is 2. The molecule has 1 fully saturated rings. The van der Waals surface area contributed by atoms with Crippen LogP contribution in [0, 0.1) is 5.92 Å². The predicted molar refractivity (Wildman–Crippen MR) is 113 cm³/mol. The molecule has 0 spiro atoms. The van der Waals surface area contributed by atoms with E-state index in [0.717, 1.165) is 32.1 Å².